The Hall–Kier alpha value is 11.4. The molecule has 0 bridgehead atoms. The Bertz CT molecular complexity index is 237. The Morgan fingerprint density at radius 2 is 0.273 bits per heavy atom. The predicted molar refractivity (Wildman–Crippen MR) is 52.9 cm³/mol. The maximum atomic E-state index is 8.58. The minimum Gasteiger partial charge on any atom is 2.00 e. The predicted octanol–water partition coefficient (Wildman–Crippen LogP) is -16.1. The van der Waals surface area contributed by atoms with Crippen LogP contribution in [0.5, 0.6) is 0 Å². The molecule has 0 amide bonds. The minimum absolute atomic E-state index is 0. The number of rotatable bonds is 0. The molecule has 0 N–H and O–H groups in total. The SMILES string of the molecule is [Bi+3].[Bi+3].[Bi+3].[Bi+3].[O-2].[O-2].[O-2].[O-2].[O-2].[O]=[Ti]([O-])[O-].[O]=[Ti]([O-])[O-].[O]=[Ti]([O-])[O-].[O]=[Ti]([O-])[O-].[O]=[Ti]([O-])[O-].[Sr+2].[Sr+2].[Sr+2].[Sr+2]. The molecule has 0 aliphatic heterocycles. The molecular weight excluding hydrogens is 1750 g/mol. The van der Waals surface area contributed by atoms with E-state index in [-0.39, 0.29) is 314 Å². The summed E-state index contributed by atoms with van der Waals surface area (Å²) in [5.41, 5.74) is 0. The van der Waals surface area contributed by atoms with Crippen LogP contribution in [0.15, 0.2) is 0 Å². The maximum absolute atomic E-state index is 8.58. The molecule has 168 valence electrons. The van der Waals surface area contributed by atoms with Gasteiger partial charge in [0.25, 0.3) is 0 Å². The molecular formula is Bi4O20Sr4Ti5. The van der Waals surface area contributed by atoms with E-state index in [1.54, 1.807) is 0 Å². The zero-order valence-corrected chi connectivity index (χ0v) is 50.9. The van der Waals surface area contributed by atoms with E-state index in [0.717, 1.165) is 0 Å². The summed E-state index contributed by atoms with van der Waals surface area (Å²) in [6.07, 6.45) is 0. The molecule has 0 unspecified atom stereocenters. The second-order valence-corrected chi connectivity index (χ2v) is 5.15. The Balaban J connectivity index is -0.00000000485. The van der Waals surface area contributed by atoms with Gasteiger partial charge in [-0.05, 0) is 0 Å². The molecule has 0 aromatic heterocycles. The first-order valence-corrected chi connectivity index (χ1v) is 12.6. The van der Waals surface area contributed by atoms with Crippen LogP contribution in [0.1, 0.15) is 0 Å². The zero-order chi connectivity index (χ0) is 17.9. The largest absolute Gasteiger partial charge is 2.00 e. The second kappa shape index (κ2) is 112. The van der Waals surface area contributed by atoms with Crippen molar-refractivity contribution in [3.05, 3.63) is 0 Å². The Morgan fingerprint density at radius 1 is 0.273 bits per heavy atom. The van der Waals surface area contributed by atoms with Crippen molar-refractivity contribution in [1.29, 1.82) is 0 Å². The Kier molecular flexibility index (Phi) is 407. The van der Waals surface area contributed by atoms with Crippen LogP contribution >= 0.6 is 0 Å². The van der Waals surface area contributed by atoms with Crippen molar-refractivity contribution in [1.82, 2.24) is 0 Å². The number of hydrogen-bond acceptors (Lipinski definition) is 15. The van der Waals surface area contributed by atoms with Gasteiger partial charge >= 0.3 is 433 Å². The fourth-order valence-corrected chi connectivity index (χ4v) is 0. The molecule has 33 heteroatoms. The summed E-state index contributed by atoms with van der Waals surface area (Å²) in [5.74, 6) is 0. The van der Waals surface area contributed by atoms with Gasteiger partial charge in [-0.15, -0.1) is 0 Å². The van der Waals surface area contributed by atoms with E-state index in [2.05, 4.69) is 0 Å². The van der Waals surface area contributed by atoms with Crippen LogP contribution in [0.25, 0.3) is 0 Å². The summed E-state index contributed by atoms with van der Waals surface area (Å²) in [5, 5.41) is 0. The summed E-state index contributed by atoms with van der Waals surface area (Å²) in [4.78, 5) is 0. The first kappa shape index (κ1) is 120. The third-order valence-electron chi connectivity index (χ3n) is 0. The molecule has 0 aromatic carbocycles. The number of hydrogen-bond donors (Lipinski definition) is 0. The van der Waals surface area contributed by atoms with Gasteiger partial charge in [0, 0.05) is 0 Å². The molecule has 0 aliphatic rings. The van der Waals surface area contributed by atoms with Gasteiger partial charge in [0.15, 0.2) is 0 Å². The minimum atomic E-state index is -4.08. The van der Waals surface area contributed by atoms with E-state index < -0.39 is 93.1 Å². The molecule has 0 saturated carbocycles. The van der Waals surface area contributed by atoms with Gasteiger partial charge in [0.2, 0.25) is 0 Å². The second-order valence-electron chi connectivity index (χ2n) is 1.25. The Labute approximate surface area is 446 Å². The topological polar surface area (TPSA) is 458 Å². The van der Waals surface area contributed by atoms with Crippen molar-refractivity contribution < 1.29 is 174 Å². The molecule has 20 nitrogen and oxygen atoms in total. The van der Waals surface area contributed by atoms with Crippen molar-refractivity contribution in [2.24, 2.45) is 0 Å². The molecule has 0 fully saturated rings. The van der Waals surface area contributed by atoms with Crippen LogP contribution in [0.2, 0.25) is 0 Å². The summed E-state index contributed by atoms with van der Waals surface area (Å²) >= 11 is -20.4. The van der Waals surface area contributed by atoms with E-state index in [0.29, 0.717) is 0 Å². The van der Waals surface area contributed by atoms with Crippen molar-refractivity contribution >= 4 is 287 Å². The Morgan fingerprint density at radius 3 is 0.273 bits per heavy atom. The fraction of sp³-hybridized carbons (Fsp3) is 0. The third kappa shape index (κ3) is 571. The van der Waals surface area contributed by atoms with Gasteiger partial charge in [-0.3, -0.25) is 0 Å². The van der Waals surface area contributed by atoms with Gasteiger partial charge in [0.1, 0.15) is 0 Å². The normalized spacial score (nSPS) is 3.94. The third-order valence-corrected chi connectivity index (χ3v) is 0. The first-order chi connectivity index (χ1) is 8.66. The monoisotopic (exact) mass is 1750 g/mol. The van der Waals surface area contributed by atoms with Crippen molar-refractivity contribution in [3.63, 3.8) is 0 Å². The van der Waals surface area contributed by atoms with Crippen molar-refractivity contribution in [3.8, 4) is 0 Å². The molecule has 8 radical (unpaired) electrons. The van der Waals surface area contributed by atoms with Crippen molar-refractivity contribution in [2.75, 3.05) is 0 Å². The summed E-state index contributed by atoms with van der Waals surface area (Å²) in [7, 11) is 0. The van der Waals surface area contributed by atoms with Crippen LogP contribution < -0.4 is 36.9 Å². The van der Waals surface area contributed by atoms with E-state index in [4.69, 9.17) is 53.5 Å². The summed E-state index contributed by atoms with van der Waals surface area (Å²) < 4.78 is 129. The average Bonchev–Trinajstić information content (AvgIpc) is 1.94. The van der Waals surface area contributed by atoms with Crippen LogP contribution in [0.4, 0.5) is 0 Å². The van der Waals surface area contributed by atoms with E-state index in [9.17, 15) is 0 Å². The molecule has 0 spiro atoms. The van der Waals surface area contributed by atoms with Gasteiger partial charge in [0.05, 0.1) is 0 Å². The van der Waals surface area contributed by atoms with E-state index >= 15 is 0 Å². The molecule has 0 atom stereocenters. The quantitative estimate of drug-likeness (QED) is 0.203. The molecule has 0 aromatic rings. The van der Waals surface area contributed by atoms with Gasteiger partial charge in [-0.1, -0.05) is 0 Å². The van der Waals surface area contributed by atoms with Gasteiger partial charge < -0.3 is 27.4 Å². The van der Waals surface area contributed by atoms with E-state index in [1.165, 1.54) is 0 Å². The average molecular weight is 1750 g/mol. The molecule has 33 heavy (non-hydrogen) atoms. The van der Waals surface area contributed by atoms with E-state index in [1.807, 2.05) is 0 Å². The molecule has 0 rings (SSSR count). The van der Waals surface area contributed by atoms with Crippen LogP contribution in [0.3, 0.4) is 0 Å². The zero-order valence-electron chi connectivity index (χ0n) is 15.3. The molecule has 0 saturated heterocycles. The molecule has 0 aliphatic carbocycles. The van der Waals surface area contributed by atoms with Crippen LogP contribution in [0, 0.1) is 0 Å². The van der Waals surface area contributed by atoms with Crippen molar-refractivity contribution in [2.45, 2.75) is 0 Å². The van der Waals surface area contributed by atoms with Gasteiger partial charge in [-0.2, -0.15) is 0 Å². The van der Waals surface area contributed by atoms with Crippen LogP contribution in [-0.4, -0.2) is 287 Å². The standard InChI is InChI=1S/4Bi.20O.4Sr.5Ti/q4*+3;;;;;;5*-2;10*-1;4*+2;;;;;. The molecule has 0 heterocycles. The summed E-state index contributed by atoms with van der Waals surface area (Å²) in [6.45, 7) is 0. The first-order valence-electron chi connectivity index (χ1n) is 3.06. The fourth-order valence-electron chi connectivity index (χ4n) is 0. The van der Waals surface area contributed by atoms with Crippen LogP contribution in [-0.2, 0) is 137 Å². The maximum Gasteiger partial charge on any atom is 2.00 e. The summed E-state index contributed by atoms with van der Waals surface area (Å²) in [6, 6.07) is 0. The smallest absolute Gasteiger partial charge is 2.00 e. The van der Waals surface area contributed by atoms with Gasteiger partial charge in [-0.25, -0.2) is 0 Å².